The highest BCUT2D eigenvalue weighted by Crippen LogP contribution is 2.32. The largest absolute Gasteiger partial charge is 0.463 e. The van der Waals surface area contributed by atoms with Crippen LogP contribution >= 0.6 is 0 Å². The van der Waals surface area contributed by atoms with Gasteiger partial charge in [-0.05, 0) is 0 Å². The molecule has 4 N–H and O–H groups in total. The number of nitrogens with two attached hydrogens (primary N) is 1. The highest BCUT2D eigenvalue weighted by atomic mass is 19.1. The molecule has 1 saturated heterocycles. The maximum Gasteiger partial charge on any atom is 0.312 e. The van der Waals surface area contributed by atoms with Crippen LogP contribution in [0.25, 0.3) is 11.2 Å². The second kappa shape index (κ2) is 5.68. The fourth-order valence-corrected chi connectivity index (χ4v) is 2.39. The number of ether oxygens (including phenoxy) is 2. The van der Waals surface area contributed by atoms with Gasteiger partial charge in [0, 0.05) is 6.92 Å². The number of aliphatic hydroxyl groups is 2. The van der Waals surface area contributed by atoms with Gasteiger partial charge in [0.1, 0.15) is 24.9 Å². The van der Waals surface area contributed by atoms with Gasteiger partial charge in [-0.1, -0.05) is 0 Å². The average molecular weight is 327 g/mol. The normalized spacial score (nSPS) is 27.5. The van der Waals surface area contributed by atoms with E-state index in [1.54, 1.807) is 0 Å². The molecule has 0 amide bonds. The van der Waals surface area contributed by atoms with Gasteiger partial charge in [-0.25, -0.2) is 4.98 Å². The van der Waals surface area contributed by atoms with Gasteiger partial charge in [0.05, 0.1) is 6.33 Å². The molecule has 11 heteroatoms. The first-order chi connectivity index (χ1) is 10.9. The third-order valence-corrected chi connectivity index (χ3v) is 3.48. The summed E-state index contributed by atoms with van der Waals surface area (Å²) in [5, 5.41) is 20.1. The molecule has 0 aliphatic carbocycles. The first kappa shape index (κ1) is 15.5. The molecule has 124 valence electrons. The van der Waals surface area contributed by atoms with Crippen LogP contribution in [0.4, 0.5) is 10.2 Å². The Morgan fingerprint density at radius 2 is 2.22 bits per heavy atom. The van der Waals surface area contributed by atoms with Crippen molar-refractivity contribution in [3.8, 4) is 0 Å². The van der Waals surface area contributed by atoms with Gasteiger partial charge in [-0.2, -0.15) is 14.4 Å². The summed E-state index contributed by atoms with van der Waals surface area (Å²) in [6, 6.07) is 0. The minimum Gasteiger partial charge on any atom is -0.463 e. The van der Waals surface area contributed by atoms with Gasteiger partial charge in [-0.3, -0.25) is 9.36 Å². The topological polar surface area (TPSA) is 146 Å². The Kier molecular flexibility index (Phi) is 3.83. The zero-order chi connectivity index (χ0) is 16.7. The minimum absolute atomic E-state index is 0.0133. The van der Waals surface area contributed by atoms with E-state index in [0.29, 0.717) is 0 Å². The molecule has 10 nitrogen and oxygen atoms in total. The van der Waals surface area contributed by atoms with E-state index in [9.17, 15) is 19.4 Å². The lowest BCUT2D eigenvalue weighted by molar-refractivity contribution is -0.147. The molecule has 2 aromatic heterocycles. The molecule has 2 unspecified atom stereocenters. The molecule has 4 atom stereocenters. The fourth-order valence-electron chi connectivity index (χ4n) is 2.39. The Morgan fingerprint density at radius 1 is 1.48 bits per heavy atom. The van der Waals surface area contributed by atoms with Crippen LogP contribution in [-0.2, 0) is 14.3 Å². The number of nitrogen functional groups attached to an aromatic ring is 1. The van der Waals surface area contributed by atoms with E-state index >= 15 is 0 Å². The smallest absolute Gasteiger partial charge is 0.312 e. The number of hydrogen-bond donors (Lipinski definition) is 3. The predicted molar refractivity (Wildman–Crippen MR) is 72.2 cm³/mol. The van der Waals surface area contributed by atoms with E-state index in [1.165, 1.54) is 17.8 Å². The summed E-state index contributed by atoms with van der Waals surface area (Å²) in [4.78, 5) is 21.7. The Hall–Kier alpha value is -2.37. The van der Waals surface area contributed by atoms with Gasteiger partial charge in [0.15, 0.2) is 23.2 Å². The van der Waals surface area contributed by atoms with Crippen LogP contribution in [0.2, 0.25) is 0 Å². The van der Waals surface area contributed by atoms with E-state index in [-0.39, 0.29) is 23.6 Å². The molecule has 2 aromatic rings. The number of aromatic nitrogens is 4. The van der Waals surface area contributed by atoms with Crippen LogP contribution in [0.1, 0.15) is 13.2 Å². The molecular weight excluding hydrogens is 313 g/mol. The average Bonchev–Trinajstić information content (AvgIpc) is 3.00. The number of anilines is 1. The monoisotopic (exact) mass is 327 g/mol. The van der Waals surface area contributed by atoms with E-state index in [1.807, 2.05) is 0 Å². The van der Waals surface area contributed by atoms with Crippen molar-refractivity contribution in [2.24, 2.45) is 0 Å². The zero-order valence-electron chi connectivity index (χ0n) is 12.0. The molecule has 1 aliphatic rings. The number of carbonyl (C=O) groups excluding carboxylic acids is 1. The lowest BCUT2D eigenvalue weighted by Gasteiger charge is -2.16. The number of imidazole rings is 1. The van der Waals surface area contributed by atoms with E-state index < -0.39 is 36.6 Å². The molecular formula is C12H14FN5O5. The van der Waals surface area contributed by atoms with Crippen molar-refractivity contribution < 1.29 is 28.9 Å². The molecule has 3 rings (SSSR count). The molecule has 0 saturated carbocycles. The highest BCUT2D eigenvalue weighted by molar-refractivity contribution is 5.81. The molecule has 23 heavy (non-hydrogen) atoms. The van der Waals surface area contributed by atoms with E-state index in [2.05, 4.69) is 15.0 Å². The predicted octanol–water partition coefficient (Wildman–Crippen LogP) is -1.27. The highest BCUT2D eigenvalue weighted by Gasteiger charge is 2.44. The van der Waals surface area contributed by atoms with Crippen molar-refractivity contribution in [1.82, 2.24) is 19.5 Å². The van der Waals surface area contributed by atoms with Gasteiger partial charge in [0.2, 0.25) is 0 Å². The third kappa shape index (κ3) is 2.69. The van der Waals surface area contributed by atoms with Crippen molar-refractivity contribution in [3.63, 3.8) is 0 Å². The lowest BCUT2D eigenvalue weighted by Crippen LogP contribution is -2.34. The summed E-state index contributed by atoms with van der Waals surface area (Å²) in [7, 11) is 0. The summed E-state index contributed by atoms with van der Waals surface area (Å²) in [6.45, 7) is 0.975. The second-order valence-electron chi connectivity index (χ2n) is 5.05. The summed E-state index contributed by atoms with van der Waals surface area (Å²) in [5.41, 5.74) is 5.71. The van der Waals surface area contributed by atoms with Crippen molar-refractivity contribution in [3.05, 3.63) is 12.4 Å². The molecule has 1 aliphatic heterocycles. The van der Waals surface area contributed by atoms with Crippen molar-refractivity contribution in [1.29, 1.82) is 0 Å². The Bertz CT molecular complexity index is 753. The molecule has 0 spiro atoms. The zero-order valence-corrected chi connectivity index (χ0v) is 12.0. The maximum absolute atomic E-state index is 13.3. The summed E-state index contributed by atoms with van der Waals surface area (Å²) < 4.78 is 24.8. The first-order valence-corrected chi connectivity index (χ1v) is 6.69. The standard InChI is InChI=1S/C12H14FN5O5/c1-4(19)22-2-5-7(20)8(21)11(23-5)18-3-15-6-9(14)16-12(13)17-10(6)18/h3,5,7-8,11,20-21H,2H2,1H3,(H2,14,16,17)/t5-,7?,8?,11-/m1/s1. The van der Waals surface area contributed by atoms with Crippen molar-refractivity contribution in [2.75, 3.05) is 12.3 Å². The van der Waals surface area contributed by atoms with Gasteiger partial charge >= 0.3 is 12.0 Å². The number of rotatable bonds is 3. The minimum atomic E-state index is -1.35. The van der Waals surface area contributed by atoms with Crippen molar-refractivity contribution in [2.45, 2.75) is 31.5 Å². The van der Waals surface area contributed by atoms with Crippen LogP contribution in [0, 0.1) is 6.08 Å². The van der Waals surface area contributed by atoms with E-state index in [4.69, 9.17) is 15.2 Å². The summed E-state index contributed by atoms with van der Waals surface area (Å²) in [5.74, 6) is -0.704. The maximum atomic E-state index is 13.3. The summed E-state index contributed by atoms with van der Waals surface area (Å²) >= 11 is 0. The van der Waals surface area contributed by atoms with E-state index in [0.717, 1.165) is 0 Å². The van der Waals surface area contributed by atoms with Gasteiger partial charge in [0.25, 0.3) is 0 Å². The first-order valence-electron chi connectivity index (χ1n) is 6.69. The number of halogens is 1. The number of carbonyl (C=O) groups is 1. The number of nitrogens with zero attached hydrogens (tertiary/aromatic N) is 4. The SMILES string of the molecule is CC(=O)OC[C@H]1O[C@@H](n2cnc3c(N)nc(F)nc32)C(O)C1O. The Balaban J connectivity index is 1.91. The van der Waals surface area contributed by atoms with Gasteiger partial charge < -0.3 is 25.4 Å². The molecule has 0 bridgehead atoms. The third-order valence-electron chi connectivity index (χ3n) is 3.48. The van der Waals surface area contributed by atoms with Crippen LogP contribution in [-0.4, -0.2) is 60.6 Å². The quantitative estimate of drug-likeness (QED) is 0.464. The van der Waals surface area contributed by atoms with Crippen molar-refractivity contribution >= 4 is 23.0 Å². The number of esters is 1. The fraction of sp³-hybridized carbons (Fsp3) is 0.500. The summed E-state index contributed by atoms with van der Waals surface area (Å²) in [6.07, 6.45) is -4.51. The molecule has 0 radical (unpaired) electrons. The molecule has 1 fully saturated rings. The van der Waals surface area contributed by atoms with Crippen LogP contribution in [0.5, 0.6) is 0 Å². The number of aliphatic hydroxyl groups excluding tert-OH is 2. The molecule has 0 aromatic carbocycles. The van der Waals surface area contributed by atoms with Crippen LogP contribution in [0.15, 0.2) is 6.33 Å². The molecule has 3 heterocycles. The Morgan fingerprint density at radius 3 is 2.91 bits per heavy atom. The number of hydrogen-bond acceptors (Lipinski definition) is 9. The van der Waals surface area contributed by atoms with Crippen LogP contribution < -0.4 is 5.73 Å². The van der Waals surface area contributed by atoms with Gasteiger partial charge in [-0.15, -0.1) is 0 Å². The second-order valence-corrected chi connectivity index (χ2v) is 5.05. The Labute approximate surface area is 128 Å². The lowest BCUT2D eigenvalue weighted by atomic mass is 10.1. The van der Waals surface area contributed by atoms with Crippen LogP contribution in [0.3, 0.4) is 0 Å². The number of fused-ring (bicyclic) bond motifs is 1.